The van der Waals surface area contributed by atoms with Crippen molar-refractivity contribution in [2.24, 2.45) is 0 Å². The van der Waals surface area contributed by atoms with Crippen molar-refractivity contribution < 1.29 is 9.59 Å². The second-order valence-corrected chi connectivity index (χ2v) is 5.22. The molecule has 0 bridgehead atoms. The summed E-state index contributed by atoms with van der Waals surface area (Å²) in [5, 5.41) is 9.75. The first-order valence-corrected chi connectivity index (χ1v) is 7.23. The SMILES string of the molecule is O=C1CC(NC(=O)CCCn2cncn2)c2ccccc2N1. The van der Waals surface area contributed by atoms with Gasteiger partial charge in [0, 0.05) is 18.7 Å². The summed E-state index contributed by atoms with van der Waals surface area (Å²) in [7, 11) is 0. The molecule has 0 saturated carbocycles. The molecule has 22 heavy (non-hydrogen) atoms. The van der Waals surface area contributed by atoms with E-state index in [0.29, 0.717) is 19.4 Å². The molecule has 1 aromatic heterocycles. The number of aromatic nitrogens is 3. The van der Waals surface area contributed by atoms with Crippen LogP contribution < -0.4 is 10.6 Å². The van der Waals surface area contributed by atoms with Gasteiger partial charge in [0.1, 0.15) is 12.7 Å². The van der Waals surface area contributed by atoms with Gasteiger partial charge in [-0.25, -0.2) is 4.98 Å². The largest absolute Gasteiger partial charge is 0.349 e. The molecule has 2 amide bonds. The van der Waals surface area contributed by atoms with Gasteiger partial charge in [-0.1, -0.05) is 18.2 Å². The number of aryl methyl sites for hydroxylation is 1. The molecule has 2 N–H and O–H groups in total. The number of nitrogens with one attached hydrogen (secondary N) is 2. The Labute approximate surface area is 127 Å². The average molecular weight is 299 g/mol. The van der Waals surface area contributed by atoms with Crippen molar-refractivity contribution in [3.63, 3.8) is 0 Å². The number of hydrogen-bond acceptors (Lipinski definition) is 4. The third kappa shape index (κ3) is 3.30. The molecule has 0 fully saturated rings. The molecule has 114 valence electrons. The molecule has 1 aliphatic heterocycles. The lowest BCUT2D eigenvalue weighted by Gasteiger charge is -2.26. The fourth-order valence-corrected chi connectivity index (χ4v) is 2.56. The fourth-order valence-electron chi connectivity index (χ4n) is 2.56. The lowest BCUT2D eigenvalue weighted by Crippen LogP contribution is -2.35. The van der Waals surface area contributed by atoms with Crippen molar-refractivity contribution >= 4 is 17.5 Å². The summed E-state index contributed by atoms with van der Waals surface area (Å²) in [4.78, 5) is 27.6. The zero-order chi connectivity index (χ0) is 15.4. The minimum Gasteiger partial charge on any atom is -0.349 e. The van der Waals surface area contributed by atoms with Gasteiger partial charge in [-0.2, -0.15) is 5.10 Å². The Kier molecular flexibility index (Phi) is 4.13. The van der Waals surface area contributed by atoms with Gasteiger partial charge in [-0.05, 0) is 18.1 Å². The van der Waals surface area contributed by atoms with Gasteiger partial charge in [-0.3, -0.25) is 14.3 Å². The molecule has 2 aromatic rings. The molecule has 1 aliphatic rings. The molecule has 0 aliphatic carbocycles. The van der Waals surface area contributed by atoms with Crippen LogP contribution in [-0.4, -0.2) is 26.6 Å². The summed E-state index contributed by atoms with van der Waals surface area (Å²) in [6.07, 6.45) is 4.43. The number of amides is 2. The van der Waals surface area contributed by atoms with Gasteiger partial charge < -0.3 is 10.6 Å². The lowest BCUT2D eigenvalue weighted by molar-refractivity contribution is -0.122. The van der Waals surface area contributed by atoms with E-state index in [1.807, 2.05) is 24.3 Å². The first-order chi connectivity index (χ1) is 10.7. The third-order valence-corrected chi connectivity index (χ3v) is 3.59. The lowest BCUT2D eigenvalue weighted by atomic mass is 9.97. The fraction of sp³-hybridized carbons (Fsp3) is 0.333. The van der Waals surface area contributed by atoms with Crippen LogP contribution in [0.4, 0.5) is 5.69 Å². The van der Waals surface area contributed by atoms with Crippen LogP contribution in [0.1, 0.15) is 30.9 Å². The van der Waals surface area contributed by atoms with Gasteiger partial charge >= 0.3 is 0 Å². The highest BCUT2D eigenvalue weighted by Crippen LogP contribution is 2.29. The summed E-state index contributed by atoms with van der Waals surface area (Å²) >= 11 is 0. The number of rotatable bonds is 5. The molecular weight excluding hydrogens is 282 g/mol. The van der Waals surface area contributed by atoms with Crippen LogP contribution in [0.5, 0.6) is 0 Å². The van der Waals surface area contributed by atoms with Crippen LogP contribution in [-0.2, 0) is 16.1 Å². The van der Waals surface area contributed by atoms with Crippen molar-refractivity contribution in [1.82, 2.24) is 20.1 Å². The number of hydrogen-bond donors (Lipinski definition) is 2. The highest BCUT2D eigenvalue weighted by Gasteiger charge is 2.25. The minimum absolute atomic E-state index is 0.0605. The number of carbonyl (C=O) groups is 2. The zero-order valence-electron chi connectivity index (χ0n) is 12.0. The smallest absolute Gasteiger partial charge is 0.226 e. The van der Waals surface area contributed by atoms with E-state index in [4.69, 9.17) is 0 Å². The standard InChI is InChI=1S/C15H17N5O2/c21-14(6-3-7-20-10-16-9-17-20)19-13-8-15(22)18-12-5-2-1-4-11(12)13/h1-2,4-5,9-10,13H,3,6-8H2,(H,18,22)(H,19,21). The van der Waals surface area contributed by atoms with Crippen molar-refractivity contribution in [3.8, 4) is 0 Å². The van der Waals surface area contributed by atoms with Gasteiger partial charge in [0.05, 0.1) is 12.5 Å². The quantitative estimate of drug-likeness (QED) is 0.870. The molecule has 0 radical (unpaired) electrons. The number of nitrogens with zero attached hydrogens (tertiary/aromatic N) is 3. The molecule has 1 atom stereocenters. The topological polar surface area (TPSA) is 88.9 Å². The van der Waals surface area contributed by atoms with E-state index in [0.717, 1.165) is 11.3 Å². The van der Waals surface area contributed by atoms with Crippen molar-refractivity contribution in [2.75, 3.05) is 5.32 Å². The number of anilines is 1. The van der Waals surface area contributed by atoms with E-state index >= 15 is 0 Å². The maximum absolute atomic E-state index is 12.1. The first-order valence-electron chi connectivity index (χ1n) is 7.23. The van der Waals surface area contributed by atoms with Crippen LogP contribution >= 0.6 is 0 Å². The summed E-state index contributed by atoms with van der Waals surface area (Å²) in [5.74, 6) is -0.138. The van der Waals surface area contributed by atoms with Gasteiger partial charge in [-0.15, -0.1) is 0 Å². The van der Waals surface area contributed by atoms with E-state index in [9.17, 15) is 9.59 Å². The maximum atomic E-state index is 12.1. The second kappa shape index (κ2) is 6.38. The van der Waals surface area contributed by atoms with Crippen LogP contribution in [0.2, 0.25) is 0 Å². The summed E-state index contributed by atoms with van der Waals surface area (Å²) in [6.45, 7) is 0.648. The molecule has 0 spiro atoms. The van der Waals surface area contributed by atoms with Crippen LogP contribution in [0.3, 0.4) is 0 Å². The van der Waals surface area contributed by atoms with E-state index < -0.39 is 0 Å². The monoisotopic (exact) mass is 299 g/mol. The molecular formula is C15H17N5O2. The summed E-state index contributed by atoms with van der Waals surface area (Å²) in [6, 6.07) is 7.27. The zero-order valence-corrected chi connectivity index (χ0v) is 12.0. The Balaban J connectivity index is 1.56. The predicted octanol–water partition coefficient (Wildman–Crippen LogP) is 1.26. The Morgan fingerprint density at radius 2 is 2.27 bits per heavy atom. The highest BCUT2D eigenvalue weighted by molar-refractivity contribution is 5.95. The van der Waals surface area contributed by atoms with E-state index in [1.165, 1.54) is 6.33 Å². The predicted molar refractivity (Wildman–Crippen MR) is 79.8 cm³/mol. The molecule has 1 aromatic carbocycles. The Bertz CT molecular complexity index is 668. The molecule has 3 rings (SSSR count). The third-order valence-electron chi connectivity index (χ3n) is 3.59. The Morgan fingerprint density at radius 1 is 1.41 bits per heavy atom. The highest BCUT2D eigenvalue weighted by atomic mass is 16.2. The maximum Gasteiger partial charge on any atom is 0.226 e. The number of carbonyl (C=O) groups excluding carboxylic acids is 2. The van der Waals surface area contributed by atoms with E-state index in [-0.39, 0.29) is 24.3 Å². The van der Waals surface area contributed by atoms with Crippen molar-refractivity contribution in [2.45, 2.75) is 31.8 Å². The van der Waals surface area contributed by atoms with Crippen molar-refractivity contribution in [1.29, 1.82) is 0 Å². The average Bonchev–Trinajstić information content (AvgIpc) is 3.00. The minimum atomic E-state index is -0.260. The molecule has 2 heterocycles. The van der Waals surface area contributed by atoms with Crippen LogP contribution in [0.15, 0.2) is 36.9 Å². The number of benzene rings is 1. The number of para-hydroxylation sites is 1. The molecule has 0 saturated heterocycles. The molecule has 7 nitrogen and oxygen atoms in total. The Morgan fingerprint density at radius 3 is 3.09 bits per heavy atom. The summed E-state index contributed by atoms with van der Waals surface area (Å²) < 4.78 is 1.69. The summed E-state index contributed by atoms with van der Waals surface area (Å²) in [5.41, 5.74) is 1.72. The number of fused-ring (bicyclic) bond motifs is 1. The van der Waals surface area contributed by atoms with Gasteiger partial charge in [0.25, 0.3) is 0 Å². The van der Waals surface area contributed by atoms with Crippen LogP contribution in [0.25, 0.3) is 0 Å². The Hall–Kier alpha value is -2.70. The van der Waals surface area contributed by atoms with Crippen molar-refractivity contribution in [3.05, 3.63) is 42.5 Å². The second-order valence-electron chi connectivity index (χ2n) is 5.22. The van der Waals surface area contributed by atoms with E-state index in [2.05, 4.69) is 20.7 Å². The van der Waals surface area contributed by atoms with Gasteiger partial charge in [0.2, 0.25) is 11.8 Å². The van der Waals surface area contributed by atoms with Crippen LogP contribution in [0, 0.1) is 0 Å². The molecule has 7 heteroatoms. The normalized spacial score (nSPS) is 16.7. The van der Waals surface area contributed by atoms with E-state index in [1.54, 1.807) is 11.0 Å². The first kappa shape index (κ1) is 14.2. The molecule has 1 unspecified atom stereocenters. The van der Waals surface area contributed by atoms with Gasteiger partial charge in [0.15, 0.2) is 0 Å².